The summed E-state index contributed by atoms with van der Waals surface area (Å²) in [4.78, 5) is 4.24. The lowest BCUT2D eigenvalue weighted by atomic mass is 10.3. The van der Waals surface area contributed by atoms with Crippen LogP contribution in [0.3, 0.4) is 0 Å². The Labute approximate surface area is 139 Å². The minimum absolute atomic E-state index is 0.732. The highest BCUT2D eigenvalue weighted by Gasteiger charge is 2.11. The van der Waals surface area contributed by atoms with E-state index in [1.54, 1.807) is 6.20 Å². The van der Waals surface area contributed by atoms with Crippen molar-refractivity contribution in [2.75, 3.05) is 23.7 Å². The Morgan fingerprint density at radius 2 is 1.88 bits per heavy atom. The topological polar surface area (TPSA) is 67.1 Å². The van der Waals surface area contributed by atoms with Crippen molar-refractivity contribution in [3.63, 3.8) is 0 Å². The van der Waals surface area contributed by atoms with Crippen LogP contribution in [0.2, 0.25) is 0 Å². The van der Waals surface area contributed by atoms with Gasteiger partial charge in [-0.3, -0.25) is 0 Å². The summed E-state index contributed by atoms with van der Waals surface area (Å²) in [7, 11) is 0. The van der Waals surface area contributed by atoms with Gasteiger partial charge in [0.1, 0.15) is 5.82 Å². The normalized spacial score (nSPS) is 11.0. The molecule has 4 heterocycles. The summed E-state index contributed by atoms with van der Waals surface area (Å²) < 4.78 is 2.15. The molecule has 6 nitrogen and oxygen atoms in total. The highest BCUT2D eigenvalue weighted by Crippen LogP contribution is 2.26. The lowest BCUT2D eigenvalue weighted by molar-refractivity contribution is 0.969. The minimum Gasteiger partial charge on any atom is -0.368 e. The van der Waals surface area contributed by atoms with Crippen LogP contribution in [0.1, 0.15) is 5.69 Å². The summed E-state index contributed by atoms with van der Waals surface area (Å²) in [6.45, 7) is 3.47. The molecule has 0 unspecified atom stereocenters. The van der Waals surface area contributed by atoms with Crippen LogP contribution < -0.4 is 10.6 Å². The Balaban J connectivity index is 1.55. The minimum atomic E-state index is 0.732. The Hall–Kier alpha value is -3.15. The molecule has 0 saturated heterocycles. The fraction of sp³-hybridized carbons (Fsp3) is 0.167. The van der Waals surface area contributed by atoms with E-state index in [0.717, 1.165) is 46.8 Å². The Kier molecular flexibility index (Phi) is 3.70. The molecule has 2 N–H and O–H groups in total. The number of pyridine rings is 2. The molecule has 4 rings (SSSR count). The van der Waals surface area contributed by atoms with Crippen molar-refractivity contribution in [1.82, 2.24) is 19.6 Å². The zero-order valence-electron chi connectivity index (χ0n) is 13.4. The van der Waals surface area contributed by atoms with E-state index in [2.05, 4.69) is 48.5 Å². The van der Waals surface area contributed by atoms with E-state index in [4.69, 9.17) is 0 Å². The van der Waals surface area contributed by atoms with Crippen molar-refractivity contribution >= 4 is 28.1 Å². The first kappa shape index (κ1) is 14.4. The molecule has 0 bridgehead atoms. The van der Waals surface area contributed by atoms with Crippen molar-refractivity contribution < 1.29 is 0 Å². The highest BCUT2D eigenvalue weighted by molar-refractivity contribution is 5.96. The number of hydrogen-bond acceptors (Lipinski definition) is 5. The highest BCUT2D eigenvalue weighted by atomic mass is 15.2. The Morgan fingerprint density at radius 1 is 1.00 bits per heavy atom. The largest absolute Gasteiger partial charge is 0.368 e. The van der Waals surface area contributed by atoms with Gasteiger partial charge in [0.25, 0.3) is 0 Å². The molecule has 0 fully saturated rings. The molecular formula is C18H18N6. The third-order valence-electron chi connectivity index (χ3n) is 3.97. The predicted octanol–water partition coefficient (Wildman–Crippen LogP) is 3.11. The third kappa shape index (κ3) is 2.62. The number of hydrogen-bond donors (Lipinski definition) is 2. The molecular weight excluding hydrogens is 300 g/mol. The number of fused-ring (bicyclic) bond motifs is 3. The van der Waals surface area contributed by atoms with Gasteiger partial charge in [0.15, 0.2) is 5.82 Å². The first-order valence-corrected chi connectivity index (χ1v) is 7.95. The standard InChI is InChI=1S/C18H18N6/c1-13-17-15(12-14-6-3-5-11-24(14)17)18(23-22-13)21-10-9-20-16-7-2-4-8-19-16/h2-8,11-12H,9-10H2,1H3,(H,19,20)(H,21,23). The summed E-state index contributed by atoms with van der Waals surface area (Å²) in [5.41, 5.74) is 3.16. The zero-order chi connectivity index (χ0) is 16.4. The average Bonchev–Trinajstić information content (AvgIpc) is 3.02. The van der Waals surface area contributed by atoms with Gasteiger partial charge in [-0.1, -0.05) is 12.1 Å². The molecule has 0 spiro atoms. The number of aryl methyl sites for hydroxylation is 1. The predicted molar refractivity (Wildman–Crippen MR) is 96.4 cm³/mol. The summed E-state index contributed by atoms with van der Waals surface area (Å²) in [5.74, 6) is 1.68. The van der Waals surface area contributed by atoms with Crippen molar-refractivity contribution in [2.45, 2.75) is 6.92 Å². The van der Waals surface area contributed by atoms with Gasteiger partial charge in [-0.15, -0.1) is 5.10 Å². The van der Waals surface area contributed by atoms with Crippen LogP contribution >= 0.6 is 0 Å². The molecule has 0 aliphatic rings. The van der Waals surface area contributed by atoms with Crippen LogP contribution in [0.25, 0.3) is 16.4 Å². The van der Waals surface area contributed by atoms with Crippen molar-refractivity contribution in [3.05, 3.63) is 60.6 Å². The van der Waals surface area contributed by atoms with Crippen molar-refractivity contribution in [2.24, 2.45) is 0 Å². The van der Waals surface area contributed by atoms with Gasteiger partial charge in [-0.25, -0.2) is 4.98 Å². The molecule has 0 aliphatic heterocycles. The second-order valence-electron chi connectivity index (χ2n) is 5.60. The van der Waals surface area contributed by atoms with Crippen LogP contribution in [0.4, 0.5) is 11.6 Å². The summed E-state index contributed by atoms with van der Waals surface area (Å²) in [5, 5.41) is 16.4. The van der Waals surface area contributed by atoms with Gasteiger partial charge < -0.3 is 15.0 Å². The van der Waals surface area contributed by atoms with Gasteiger partial charge >= 0.3 is 0 Å². The number of aromatic nitrogens is 4. The van der Waals surface area contributed by atoms with Crippen molar-refractivity contribution in [1.29, 1.82) is 0 Å². The van der Waals surface area contributed by atoms with E-state index in [1.165, 1.54) is 0 Å². The van der Waals surface area contributed by atoms with Gasteiger partial charge in [-0.2, -0.15) is 5.10 Å². The number of anilines is 2. The maximum absolute atomic E-state index is 4.33. The van der Waals surface area contributed by atoms with Crippen LogP contribution in [0.5, 0.6) is 0 Å². The summed E-state index contributed by atoms with van der Waals surface area (Å²) in [6, 6.07) is 14.1. The molecule has 0 aliphatic carbocycles. The van der Waals surface area contributed by atoms with Gasteiger partial charge in [0.2, 0.25) is 0 Å². The quantitative estimate of drug-likeness (QED) is 0.553. The van der Waals surface area contributed by atoms with Gasteiger partial charge in [0.05, 0.1) is 11.2 Å². The van der Waals surface area contributed by atoms with Crippen LogP contribution in [0, 0.1) is 6.92 Å². The zero-order valence-corrected chi connectivity index (χ0v) is 13.4. The SMILES string of the molecule is Cc1nnc(NCCNc2ccccn2)c2cc3ccccn3c12. The number of nitrogens with one attached hydrogen (secondary N) is 2. The fourth-order valence-corrected chi connectivity index (χ4v) is 2.87. The van der Waals surface area contributed by atoms with Crippen LogP contribution in [0.15, 0.2) is 54.9 Å². The van der Waals surface area contributed by atoms with E-state index in [9.17, 15) is 0 Å². The van der Waals surface area contributed by atoms with Gasteiger partial charge in [-0.05, 0) is 37.3 Å². The Morgan fingerprint density at radius 3 is 2.75 bits per heavy atom. The molecule has 120 valence electrons. The second-order valence-corrected chi connectivity index (χ2v) is 5.60. The molecule has 0 amide bonds. The second kappa shape index (κ2) is 6.16. The maximum atomic E-state index is 4.33. The summed E-state index contributed by atoms with van der Waals surface area (Å²) >= 11 is 0. The van der Waals surface area contributed by atoms with E-state index in [1.807, 2.05) is 37.3 Å². The fourth-order valence-electron chi connectivity index (χ4n) is 2.87. The van der Waals surface area contributed by atoms with Gasteiger partial charge in [0, 0.05) is 36.4 Å². The molecule has 0 saturated carbocycles. The van der Waals surface area contributed by atoms with E-state index < -0.39 is 0 Å². The first-order valence-electron chi connectivity index (χ1n) is 7.95. The smallest absolute Gasteiger partial charge is 0.158 e. The van der Waals surface area contributed by atoms with Crippen LogP contribution in [-0.2, 0) is 0 Å². The van der Waals surface area contributed by atoms with E-state index in [0.29, 0.717) is 0 Å². The molecule has 0 atom stereocenters. The molecule has 0 radical (unpaired) electrons. The molecule has 0 aromatic carbocycles. The lowest BCUT2D eigenvalue weighted by Crippen LogP contribution is -2.15. The monoisotopic (exact) mass is 318 g/mol. The third-order valence-corrected chi connectivity index (χ3v) is 3.97. The van der Waals surface area contributed by atoms with Crippen LogP contribution in [-0.4, -0.2) is 32.7 Å². The first-order chi connectivity index (χ1) is 11.8. The molecule has 24 heavy (non-hydrogen) atoms. The average molecular weight is 318 g/mol. The lowest BCUT2D eigenvalue weighted by Gasteiger charge is -2.09. The molecule has 4 aromatic heterocycles. The molecule has 6 heteroatoms. The maximum Gasteiger partial charge on any atom is 0.158 e. The number of nitrogens with zero attached hydrogens (tertiary/aromatic N) is 4. The molecule has 4 aromatic rings. The Bertz CT molecular complexity index is 977. The van der Waals surface area contributed by atoms with Crippen molar-refractivity contribution in [3.8, 4) is 0 Å². The van der Waals surface area contributed by atoms with E-state index >= 15 is 0 Å². The summed E-state index contributed by atoms with van der Waals surface area (Å²) in [6.07, 6.45) is 3.83. The van der Waals surface area contributed by atoms with E-state index in [-0.39, 0.29) is 0 Å². The number of rotatable bonds is 5.